The van der Waals surface area contributed by atoms with Crippen LogP contribution in [0.2, 0.25) is 0 Å². The van der Waals surface area contributed by atoms with Gasteiger partial charge >= 0.3 is 0 Å². The van der Waals surface area contributed by atoms with Crippen molar-refractivity contribution in [3.63, 3.8) is 0 Å². The zero-order valence-corrected chi connectivity index (χ0v) is 14.6. The van der Waals surface area contributed by atoms with Crippen molar-refractivity contribution in [1.29, 1.82) is 0 Å². The van der Waals surface area contributed by atoms with Gasteiger partial charge in [-0.15, -0.1) is 0 Å². The molecule has 110 valence electrons. The Balaban J connectivity index is 2.05. The van der Waals surface area contributed by atoms with Crippen molar-refractivity contribution in [2.75, 3.05) is 5.32 Å². The number of nitrogens with one attached hydrogen (secondary N) is 2. The van der Waals surface area contributed by atoms with Gasteiger partial charge in [-0.25, -0.2) is 0 Å². The summed E-state index contributed by atoms with van der Waals surface area (Å²) in [7, 11) is 0. The molecule has 4 heteroatoms. The van der Waals surface area contributed by atoms with Crippen LogP contribution in [0.3, 0.4) is 0 Å². The lowest BCUT2D eigenvalue weighted by Crippen LogP contribution is -2.32. The summed E-state index contributed by atoms with van der Waals surface area (Å²) in [6, 6.07) is 16.6. The normalized spacial score (nSPS) is 11.8. The van der Waals surface area contributed by atoms with Crippen molar-refractivity contribution in [3.05, 3.63) is 64.1 Å². The molecule has 1 unspecified atom stereocenters. The zero-order chi connectivity index (χ0) is 15.2. The molecule has 0 aliphatic carbocycles. The van der Waals surface area contributed by atoms with Gasteiger partial charge in [0.1, 0.15) is 0 Å². The molecule has 0 saturated carbocycles. The van der Waals surface area contributed by atoms with E-state index in [9.17, 15) is 0 Å². The molecular formula is C17H19BrN2S. The van der Waals surface area contributed by atoms with Crippen LogP contribution >= 0.6 is 28.1 Å². The smallest absolute Gasteiger partial charge is 0.171 e. The van der Waals surface area contributed by atoms with Crippen LogP contribution < -0.4 is 10.6 Å². The van der Waals surface area contributed by atoms with Crippen molar-refractivity contribution in [1.82, 2.24) is 5.32 Å². The summed E-state index contributed by atoms with van der Waals surface area (Å²) < 4.78 is 1.03. The average molecular weight is 363 g/mol. The largest absolute Gasteiger partial charge is 0.356 e. The maximum atomic E-state index is 5.43. The van der Waals surface area contributed by atoms with Crippen LogP contribution in [-0.2, 0) is 0 Å². The Morgan fingerprint density at radius 2 is 1.95 bits per heavy atom. The molecule has 1 atom stereocenters. The third-order valence-corrected chi connectivity index (χ3v) is 4.07. The molecule has 2 aromatic carbocycles. The van der Waals surface area contributed by atoms with E-state index in [0.717, 1.165) is 16.6 Å². The molecule has 0 fully saturated rings. The van der Waals surface area contributed by atoms with E-state index in [1.165, 1.54) is 11.1 Å². The van der Waals surface area contributed by atoms with Crippen LogP contribution in [0.15, 0.2) is 53.0 Å². The molecule has 0 saturated heterocycles. The van der Waals surface area contributed by atoms with Crippen LogP contribution in [0.25, 0.3) is 0 Å². The van der Waals surface area contributed by atoms with Crippen molar-refractivity contribution in [2.24, 2.45) is 0 Å². The minimum absolute atomic E-state index is 0.221. The molecule has 0 spiro atoms. The average Bonchev–Trinajstić information content (AvgIpc) is 2.45. The van der Waals surface area contributed by atoms with Gasteiger partial charge < -0.3 is 10.6 Å². The van der Waals surface area contributed by atoms with Crippen LogP contribution in [0.4, 0.5) is 5.69 Å². The molecule has 0 bridgehead atoms. The highest BCUT2D eigenvalue weighted by Gasteiger charge is 2.12. The lowest BCUT2D eigenvalue weighted by Gasteiger charge is -2.21. The van der Waals surface area contributed by atoms with Gasteiger partial charge in [0.15, 0.2) is 5.11 Å². The highest BCUT2D eigenvalue weighted by molar-refractivity contribution is 9.10. The molecule has 0 radical (unpaired) electrons. The standard InChI is InChI=1S/C17H19BrN2S/c1-3-16(15-10-5-4-7-12(15)2)20-17(21)19-14-9-6-8-13(18)11-14/h4-11,16H,3H2,1-2H3,(H2,19,20,21). The Morgan fingerprint density at radius 3 is 2.62 bits per heavy atom. The lowest BCUT2D eigenvalue weighted by molar-refractivity contribution is 0.625. The molecule has 0 amide bonds. The van der Waals surface area contributed by atoms with Gasteiger partial charge in [0.25, 0.3) is 0 Å². The summed E-state index contributed by atoms with van der Waals surface area (Å²) in [5.74, 6) is 0. The van der Waals surface area contributed by atoms with Crippen LogP contribution in [0.1, 0.15) is 30.5 Å². The summed E-state index contributed by atoms with van der Waals surface area (Å²) in [6.45, 7) is 4.29. The first-order valence-electron chi connectivity index (χ1n) is 6.98. The first-order valence-corrected chi connectivity index (χ1v) is 8.19. The Labute approximate surface area is 140 Å². The first kappa shape index (κ1) is 16.0. The van der Waals surface area contributed by atoms with Gasteiger partial charge in [0.05, 0.1) is 6.04 Å². The Bertz CT molecular complexity index is 628. The fraction of sp³-hybridized carbons (Fsp3) is 0.235. The van der Waals surface area contributed by atoms with E-state index >= 15 is 0 Å². The van der Waals surface area contributed by atoms with Gasteiger partial charge in [-0.3, -0.25) is 0 Å². The predicted octanol–water partition coefficient (Wildman–Crippen LogP) is 5.20. The molecular weight excluding hydrogens is 344 g/mol. The first-order chi connectivity index (χ1) is 10.1. The molecule has 0 heterocycles. The lowest BCUT2D eigenvalue weighted by atomic mass is 10.00. The van der Waals surface area contributed by atoms with Crippen molar-refractivity contribution >= 4 is 38.9 Å². The molecule has 0 aromatic heterocycles. The Hall–Kier alpha value is -1.39. The van der Waals surface area contributed by atoms with E-state index in [0.29, 0.717) is 5.11 Å². The van der Waals surface area contributed by atoms with E-state index in [1.807, 2.05) is 24.3 Å². The predicted molar refractivity (Wildman–Crippen MR) is 97.7 cm³/mol. The van der Waals surface area contributed by atoms with E-state index in [-0.39, 0.29) is 6.04 Å². The maximum absolute atomic E-state index is 5.43. The number of halogens is 1. The molecule has 2 N–H and O–H groups in total. The van der Waals surface area contributed by atoms with Gasteiger partial charge in [-0.1, -0.05) is 53.2 Å². The van der Waals surface area contributed by atoms with Crippen molar-refractivity contribution < 1.29 is 0 Å². The van der Waals surface area contributed by atoms with E-state index in [2.05, 4.69) is 64.7 Å². The summed E-state index contributed by atoms with van der Waals surface area (Å²) in [5, 5.41) is 7.27. The number of hydrogen-bond donors (Lipinski definition) is 2. The Kier molecular flexibility index (Phi) is 5.76. The number of anilines is 1. The molecule has 0 aliphatic heterocycles. The number of thiocarbonyl (C=S) groups is 1. The Morgan fingerprint density at radius 1 is 1.19 bits per heavy atom. The van der Waals surface area contributed by atoms with Gasteiger partial charge in [0.2, 0.25) is 0 Å². The highest BCUT2D eigenvalue weighted by Crippen LogP contribution is 2.21. The third-order valence-electron chi connectivity index (χ3n) is 3.36. The number of hydrogen-bond acceptors (Lipinski definition) is 1. The van der Waals surface area contributed by atoms with Crippen molar-refractivity contribution in [2.45, 2.75) is 26.3 Å². The minimum atomic E-state index is 0.221. The third kappa shape index (κ3) is 4.55. The fourth-order valence-corrected chi connectivity index (χ4v) is 2.93. The van der Waals surface area contributed by atoms with E-state index in [4.69, 9.17) is 12.2 Å². The summed E-state index contributed by atoms with van der Waals surface area (Å²) in [6.07, 6.45) is 0.977. The quantitative estimate of drug-likeness (QED) is 0.731. The highest BCUT2D eigenvalue weighted by atomic mass is 79.9. The van der Waals surface area contributed by atoms with Crippen LogP contribution in [-0.4, -0.2) is 5.11 Å². The van der Waals surface area contributed by atoms with Crippen LogP contribution in [0, 0.1) is 6.92 Å². The second-order valence-corrected chi connectivity index (χ2v) is 6.25. The monoisotopic (exact) mass is 362 g/mol. The zero-order valence-electron chi connectivity index (χ0n) is 12.2. The van der Waals surface area contributed by atoms with Crippen LogP contribution in [0.5, 0.6) is 0 Å². The topological polar surface area (TPSA) is 24.1 Å². The molecule has 21 heavy (non-hydrogen) atoms. The summed E-state index contributed by atoms with van der Waals surface area (Å²) in [5.41, 5.74) is 3.54. The minimum Gasteiger partial charge on any atom is -0.356 e. The fourth-order valence-electron chi connectivity index (χ4n) is 2.27. The second-order valence-electron chi connectivity index (χ2n) is 4.93. The van der Waals surface area contributed by atoms with Gasteiger partial charge in [-0.2, -0.15) is 0 Å². The second kappa shape index (κ2) is 7.57. The number of rotatable bonds is 4. The van der Waals surface area contributed by atoms with Crippen molar-refractivity contribution in [3.8, 4) is 0 Å². The molecule has 2 aromatic rings. The number of benzene rings is 2. The molecule has 2 nitrogen and oxygen atoms in total. The van der Waals surface area contributed by atoms with E-state index < -0.39 is 0 Å². The molecule has 0 aliphatic rings. The molecule has 2 rings (SSSR count). The maximum Gasteiger partial charge on any atom is 0.171 e. The summed E-state index contributed by atoms with van der Waals surface area (Å²) >= 11 is 8.89. The number of aryl methyl sites for hydroxylation is 1. The van der Waals surface area contributed by atoms with E-state index in [1.54, 1.807) is 0 Å². The van der Waals surface area contributed by atoms with Gasteiger partial charge in [-0.05, 0) is 54.9 Å². The summed E-state index contributed by atoms with van der Waals surface area (Å²) in [4.78, 5) is 0. The SMILES string of the molecule is CCC(NC(=S)Nc1cccc(Br)c1)c1ccccc1C. The van der Waals surface area contributed by atoms with Gasteiger partial charge in [0, 0.05) is 10.2 Å².